The molecule has 0 aliphatic rings. The summed E-state index contributed by atoms with van der Waals surface area (Å²) in [6.45, 7) is 6.02. The highest BCUT2D eigenvalue weighted by atomic mass is 32.2. The Balaban J connectivity index is 2.05. The van der Waals surface area contributed by atoms with E-state index >= 15 is 0 Å². The molecule has 0 saturated carbocycles. The minimum atomic E-state index is -4.10. The summed E-state index contributed by atoms with van der Waals surface area (Å²) in [6, 6.07) is 21.8. The molecule has 0 fully saturated rings. The number of amides is 2. The van der Waals surface area contributed by atoms with Crippen molar-refractivity contribution in [1.82, 2.24) is 10.2 Å². The molecule has 1 unspecified atom stereocenters. The fourth-order valence-electron chi connectivity index (χ4n) is 4.64. The first kappa shape index (κ1) is 31.7. The van der Waals surface area contributed by atoms with Gasteiger partial charge in [-0.2, -0.15) is 0 Å². The summed E-state index contributed by atoms with van der Waals surface area (Å²) in [5.41, 5.74) is 2.04. The van der Waals surface area contributed by atoms with Crippen molar-refractivity contribution in [2.45, 2.75) is 63.9 Å². The molecule has 0 aromatic heterocycles. The fraction of sp³-hybridized carbons (Fsp3) is 0.375. The Morgan fingerprint density at radius 1 is 0.902 bits per heavy atom. The van der Waals surface area contributed by atoms with Crippen molar-refractivity contribution >= 4 is 27.5 Å². The van der Waals surface area contributed by atoms with Gasteiger partial charge in [-0.1, -0.05) is 75.7 Å². The largest absolute Gasteiger partial charge is 0.497 e. The van der Waals surface area contributed by atoms with Crippen LogP contribution in [-0.4, -0.2) is 51.4 Å². The highest BCUT2D eigenvalue weighted by molar-refractivity contribution is 7.92. The molecule has 3 rings (SSSR count). The molecule has 0 heterocycles. The number of para-hydroxylation sites is 1. The summed E-state index contributed by atoms with van der Waals surface area (Å²) in [5, 5.41) is 2.95. The Labute approximate surface area is 244 Å². The molecule has 220 valence electrons. The number of carbonyl (C=O) groups is 2. The van der Waals surface area contributed by atoms with E-state index in [1.807, 2.05) is 45.0 Å². The Bertz CT molecular complexity index is 1380. The van der Waals surface area contributed by atoms with Gasteiger partial charge in [-0.05, 0) is 60.7 Å². The van der Waals surface area contributed by atoms with E-state index in [1.54, 1.807) is 49.6 Å². The van der Waals surface area contributed by atoms with Gasteiger partial charge in [0.25, 0.3) is 10.0 Å². The molecule has 0 aliphatic carbocycles. The lowest BCUT2D eigenvalue weighted by molar-refractivity contribution is -0.140. The van der Waals surface area contributed by atoms with Crippen molar-refractivity contribution < 1.29 is 22.7 Å². The number of sulfonamides is 1. The van der Waals surface area contributed by atoms with E-state index < -0.39 is 28.5 Å². The smallest absolute Gasteiger partial charge is 0.264 e. The second kappa shape index (κ2) is 15.2. The fourth-order valence-corrected chi connectivity index (χ4v) is 6.11. The van der Waals surface area contributed by atoms with Crippen LogP contribution >= 0.6 is 0 Å². The van der Waals surface area contributed by atoms with Crippen LogP contribution in [0.1, 0.15) is 51.2 Å². The number of benzene rings is 3. The maximum absolute atomic E-state index is 14.2. The molecule has 3 aromatic rings. The van der Waals surface area contributed by atoms with Crippen LogP contribution < -0.4 is 14.4 Å². The SMILES string of the molecule is CCCCNC(=O)C(CC)N(Cc1ccc(OC)cc1)C(=O)CN(c1ccccc1CC)S(=O)(=O)c1ccccc1. The third-order valence-corrected chi connectivity index (χ3v) is 8.75. The molecule has 0 saturated heterocycles. The molecule has 41 heavy (non-hydrogen) atoms. The van der Waals surface area contributed by atoms with Gasteiger partial charge in [-0.15, -0.1) is 0 Å². The topological polar surface area (TPSA) is 96.0 Å². The molecular formula is C32H41N3O5S. The zero-order chi connectivity index (χ0) is 29.8. The Kier molecular flexibility index (Phi) is 11.8. The summed E-state index contributed by atoms with van der Waals surface area (Å²) >= 11 is 0. The first-order chi connectivity index (χ1) is 19.8. The Morgan fingerprint density at radius 2 is 1.56 bits per heavy atom. The third kappa shape index (κ3) is 8.10. The minimum absolute atomic E-state index is 0.0877. The molecular weight excluding hydrogens is 538 g/mol. The van der Waals surface area contributed by atoms with Gasteiger partial charge in [-0.25, -0.2) is 8.42 Å². The van der Waals surface area contributed by atoms with Crippen molar-refractivity contribution in [3.8, 4) is 5.75 Å². The molecule has 3 aromatic carbocycles. The van der Waals surface area contributed by atoms with Gasteiger partial charge in [0.15, 0.2) is 0 Å². The number of carbonyl (C=O) groups excluding carboxylic acids is 2. The zero-order valence-corrected chi connectivity index (χ0v) is 25.2. The second-order valence-electron chi connectivity index (χ2n) is 9.75. The number of aryl methyl sites for hydroxylation is 1. The quantitative estimate of drug-likeness (QED) is 0.251. The van der Waals surface area contributed by atoms with Crippen LogP contribution in [-0.2, 0) is 32.6 Å². The Morgan fingerprint density at radius 3 is 2.17 bits per heavy atom. The van der Waals surface area contributed by atoms with E-state index in [-0.39, 0.29) is 17.3 Å². The van der Waals surface area contributed by atoms with Crippen molar-refractivity contribution in [2.75, 3.05) is 24.5 Å². The zero-order valence-electron chi connectivity index (χ0n) is 24.4. The van der Waals surface area contributed by atoms with Gasteiger partial charge in [0, 0.05) is 13.1 Å². The molecule has 0 aliphatic heterocycles. The first-order valence-electron chi connectivity index (χ1n) is 14.1. The number of anilines is 1. The first-order valence-corrected chi connectivity index (χ1v) is 15.6. The lowest BCUT2D eigenvalue weighted by atomic mass is 10.1. The lowest BCUT2D eigenvalue weighted by Gasteiger charge is -2.33. The number of methoxy groups -OCH3 is 1. The molecule has 0 radical (unpaired) electrons. The van der Waals surface area contributed by atoms with Crippen molar-refractivity contribution in [1.29, 1.82) is 0 Å². The highest BCUT2D eigenvalue weighted by Gasteiger charge is 2.34. The monoisotopic (exact) mass is 579 g/mol. The number of nitrogens with zero attached hydrogens (tertiary/aromatic N) is 2. The maximum Gasteiger partial charge on any atom is 0.264 e. The van der Waals surface area contributed by atoms with Crippen LogP contribution in [0.5, 0.6) is 5.75 Å². The summed E-state index contributed by atoms with van der Waals surface area (Å²) in [6.07, 6.45) is 2.70. The number of rotatable bonds is 15. The third-order valence-electron chi connectivity index (χ3n) is 6.98. The summed E-state index contributed by atoms with van der Waals surface area (Å²) < 4.78 is 34.4. The van der Waals surface area contributed by atoms with Crippen molar-refractivity contribution in [3.05, 3.63) is 90.0 Å². The molecule has 2 amide bonds. The van der Waals surface area contributed by atoms with Crippen molar-refractivity contribution in [3.63, 3.8) is 0 Å². The predicted molar refractivity (Wildman–Crippen MR) is 162 cm³/mol. The van der Waals surface area contributed by atoms with E-state index in [0.717, 1.165) is 24.0 Å². The van der Waals surface area contributed by atoms with Gasteiger partial charge in [0.2, 0.25) is 11.8 Å². The molecule has 1 atom stereocenters. The van der Waals surface area contributed by atoms with E-state index in [9.17, 15) is 18.0 Å². The lowest BCUT2D eigenvalue weighted by Crippen LogP contribution is -2.52. The van der Waals surface area contributed by atoms with E-state index in [2.05, 4.69) is 5.32 Å². The molecule has 0 spiro atoms. The van der Waals surface area contributed by atoms with Gasteiger partial charge in [-0.3, -0.25) is 13.9 Å². The summed E-state index contributed by atoms with van der Waals surface area (Å²) in [7, 11) is -2.52. The number of hydrogen-bond donors (Lipinski definition) is 1. The minimum Gasteiger partial charge on any atom is -0.497 e. The normalized spacial score (nSPS) is 11.9. The van der Waals surface area contributed by atoms with Crippen LogP contribution in [0, 0.1) is 0 Å². The van der Waals surface area contributed by atoms with Gasteiger partial charge >= 0.3 is 0 Å². The molecule has 9 heteroatoms. The van der Waals surface area contributed by atoms with Gasteiger partial charge < -0.3 is 15.0 Å². The molecule has 1 N–H and O–H groups in total. The average Bonchev–Trinajstić information content (AvgIpc) is 3.00. The maximum atomic E-state index is 14.2. The highest BCUT2D eigenvalue weighted by Crippen LogP contribution is 2.28. The van der Waals surface area contributed by atoms with Crippen LogP contribution in [0.2, 0.25) is 0 Å². The Hall–Kier alpha value is -3.85. The van der Waals surface area contributed by atoms with E-state index in [1.165, 1.54) is 21.3 Å². The van der Waals surface area contributed by atoms with Crippen molar-refractivity contribution in [2.24, 2.45) is 0 Å². The number of nitrogens with one attached hydrogen (secondary N) is 1. The standard InChI is InChI=1S/C32H41N3O5S/c1-5-8-22-33-32(37)29(7-3)34(23-25-18-20-27(40-4)21-19-25)31(36)24-35(30-17-13-12-14-26(30)6-2)41(38,39)28-15-10-9-11-16-28/h9-21,29H,5-8,22-24H2,1-4H3,(H,33,37). The van der Waals surface area contributed by atoms with Crippen LogP contribution in [0.3, 0.4) is 0 Å². The number of ether oxygens (including phenoxy) is 1. The van der Waals surface area contributed by atoms with Crippen LogP contribution in [0.4, 0.5) is 5.69 Å². The number of hydrogen-bond acceptors (Lipinski definition) is 5. The summed E-state index contributed by atoms with van der Waals surface area (Å²) in [4.78, 5) is 29.1. The van der Waals surface area contributed by atoms with Crippen LogP contribution in [0.25, 0.3) is 0 Å². The van der Waals surface area contributed by atoms with Gasteiger partial charge in [0.1, 0.15) is 18.3 Å². The van der Waals surface area contributed by atoms with E-state index in [0.29, 0.717) is 30.8 Å². The second-order valence-corrected chi connectivity index (χ2v) is 11.6. The summed E-state index contributed by atoms with van der Waals surface area (Å²) in [5.74, 6) is -0.0507. The average molecular weight is 580 g/mol. The molecule has 0 bridgehead atoms. The van der Waals surface area contributed by atoms with Gasteiger partial charge in [0.05, 0.1) is 17.7 Å². The number of unbranched alkanes of at least 4 members (excludes halogenated alkanes) is 1. The molecule has 8 nitrogen and oxygen atoms in total. The van der Waals surface area contributed by atoms with E-state index in [4.69, 9.17) is 4.74 Å². The predicted octanol–water partition coefficient (Wildman–Crippen LogP) is 5.18. The van der Waals surface area contributed by atoms with Crippen LogP contribution in [0.15, 0.2) is 83.8 Å².